The second-order valence-electron chi connectivity index (χ2n) is 7.83. The van der Waals surface area contributed by atoms with E-state index in [4.69, 9.17) is 0 Å². The van der Waals surface area contributed by atoms with Crippen LogP contribution in [0.1, 0.15) is 50.6 Å². The van der Waals surface area contributed by atoms with Crippen LogP contribution in [0.5, 0.6) is 0 Å². The molecule has 2 atom stereocenters. The molecule has 25 heavy (non-hydrogen) atoms. The van der Waals surface area contributed by atoms with Crippen LogP contribution < -0.4 is 5.32 Å². The largest absolute Gasteiger partial charge is 0.481 e. The molecule has 1 saturated heterocycles. The molecule has 136 valence electrons. The van der Waals surface area contributed by atoms with Crippen molar-refractivity contribution in [2.75, 3.05) is 19.6 Å². The van der Waals surface area contributed by atoms with Gasteiger partial charge in [-0.05, 0) is 44.2 Å². The van der Waals surface area contributed by atoms with Crippen LogP contribution in [-0.4, -0.2) is 41.5 Å². The Labute approximate surface area is 149 Å². The van der Waals surface area contributed by atoms with Gasteiger partial charge in [0, 0.05) is 6.54 Å². The predicted molar refractivity (Wildman–Crippen MR) is 96.1 cm³/mol. The quantitative estimate of drug-likeness (QED) is 0.832. The summed E-state index contributed by atoms with van der Waals surface area (Å²) in [6, 6.07) is 10.3. The number of carbonyl (C=O) groups is 2. The SMILES string of the molecule is CC1(C(=O)O)CCN(CC(=O)NC(c2ccccc2)C2CCCC2)C1. The number of rotatable bonds is 6. The second-order valence-corrected chi connectivity index (χ2v) is 7.83. The van der Waals surface area contributed by atoms with Crippen LogP contribution in [0.2, 0.25) is 0 Å². The summed E-state index contributed by atoms with van der Waals surface area (Å²) in [6.07, 6.45) is 5.36. The molecule has 3 rings (SSSR count). The van der Waals surface area contributed by atoms with Gasteiger partial charge in [-0.25, -0.2) is 0 Å². The van der Waals surface area contributed by atoms with Crippen molar-refractivity contribution in [2.45, 2.75) is 45.1 Å². The van der Waals surface area contributed by atoms with Gasteiger partial charge in [0.2, 0.25) is 5.91 Å². The first-order valence-electron chi connectivity index (χ1n) is 9.28. The molecule has 1 aliphatic carbocycles. The topological polar surface area (TPSA) is 69.6 Å². The second kappa shape index (κ2) is 7.56. The number of hydrogen-bond donors (Lipinski definition) is 2. The molecule has 1 aromatic rings. The van der Waals surface area contributed by atoms with Gasteiger partial charge in [0.05, 0.1) is 18.0 Å². The van der Waals surface area contributed by atoms with Gasteiger partial charge in [0.25, 0.3) is 0 Å². The summed E-state index contributed by atoms with van der Waals surface area (Å²) in [5, 5.41) is 12.6. The van der Waals surface area contributed by atoms with Gasteiger partial charge in [-0.15, -0.1) is 0 Å². The van der Waals surface area contributed by atoms with Crippen molar-refractivity contribution in [1.82, 2.24) is 10.2 Å². The van der Waals surface area contributed by atoms with Crippen LogP contribution in [0.25, 0.3) is 0 Å². The Hall–Kier alpha value is -1.88. The molecule has 2 aliphatic rings. The van der Waals surface area contributed by atoms with E-state index >= 15 is 0 Å². The number of aliphatic carboxylic acids is 1. The summed E-state index contributed by atoms with van der Waals surface area (Å²) >= 11 is 0. The third-order valence-corrected chi connectivity index (χ3v) is 5.78. The molecule has 1 heterocycles. The molecule has 1 aliphatic heterocycles. The van der Waals surface area contributed by atoms with E-state index in [0.29, 0.717) is 25.4 Å². The van der Waals surface area contributed by atoms with E-state index in [1.807, 2.05) is 23.1 Å². The molecule has 0 aromatic heterocycles. The lowest BCUT2D eigenvalue weighted by atomic mass is 9.90. The van der Waals surface area contributed by atoms with Crippen molar-refractivity contribution in [2.24, 2.45) is 11.3 Å². The van der Waals surface area contributed by atoms with Crippen molar-refractivity contribution in [3.63, 3.8) is 0 Å². The molecule has 0 spiro atoms. The number of likely N-dealkylation sites (tertiary alicyclic amines) is 1. The molecule has 2 N–H and O–H groups in total. The van der Waals surface area contributed by atoms with Gasteiger partial charge in [-0.2, -0.15) is 0 Å². The van der Waals surface area contributed by atoms with Crippen LogP contribution in [-0.2, 0) is 9.59 Å². The van der Waals surface area contributed by atoms with Crippen molar-refractivity contribution >= 4 is 11.9 Å². The summed E-state index contributed by atoms with van der Waals surface area (Å²) in [5.74, 6) is -0.284. The predicted octanol–water partition coefficient (Wildman–Crippen LogP) is 2.83. The molecule has 0 bridgehead atoms. The van der Waals surface area contributed by atoms with E-state index in [9.17, 15) is 14.7 Å². The van der Waals surface area contributed by atoms with Crippen molar-refractivity contribution in [1.29, 1.82) is 0 Å². The Bertz CT molecular complexity index is 613. The minimum atomic E-state index is -0.775. The Morgan fingerprint density at radius 3 is 2.56 bits per heavy atom. The lowest BCUT2D eigenvalue weighted by molar-refractivity contribution is -0.147. The zero-order valence-electron chi connectivity index (χ0n) is 14.9. The lowest BCUT2D eigenvalue weighted by Gasteiger charge is -2.27. The fraction of sp³-hybridized carbons (Fsp3) is 0.600. The monoisotopic (exact) mass is 344 g/mol. The standard InChI is InChI=1S/C20H28N2O3/c1-20(19(24)25)11-12-22(14-20)13-17(23)21-18(16-9-5-6-10-16)15-7-3-2-4-8-15/h2-4,7-8,16,18H,5-6,9-14H2,1H3,(H,21,23)(H,24,25). The molecule has 1 amide bonds. The number of hydrogen-bond acceptors (Lipinski definition) is 3. The van der Waals surface area contributed by atoms with Crippen LogP contribution in [0.4, 0.5) is 0 Å². The average molecular weight is 344 g/mol. The highest BCUT2D eigenvalue weighted by Crippen LogP contribution is 2.36. The minimum Gasteiger partial charge on any atom is -0.481 e. The first-order chi connectivity index (χ1) is 12.0. The zero-order chi connectivity index (χ0) is 17.9. The first-order valence-corrected chi connectivity index (χ1v) is 9.28. The normalized spacial score (nSPS) is 25.8. The Kier molecular flexibility index (Phi) is 5.42. The summed E-state index contributed by atoms with van der Waals surface area (Å²) < 4.78 is 0. The Balaban J connectivity index is 1.62. The van der Waals surface area contributed by atoms with E-state index in [1.54, 1.807) is 6.92 Å². The molecule has 0 radical (unpaired) electrons. The third-order valence-electron chi connectivity index (χ3n) is 5.78. The van der Waals surface area contributed by atoms with E-state index in [-0.39, 0.29) is 18.5 Å². The van der Waals surface area contributed by atoms with Gasteiger partial charge in [0.1, 0.15) is 0 Å². The zero-order valence-corrected chi connectivity index (χ0v) is 14.9. The Morgan fingerprint density at radius 1 is 1.28 bits per heavy atom. The van der Waals surface area contributed by atoms with Crippen molar-refractivity contribution < 1.29 is 14.7 Å². The number of carbonyl (C=O) groups excluding carboxylic acids is 1. The Morgan fingerprint density at radius 2 is 1.96 bits per heavy atom. The highest BCUT2D eigenvalue weighted by atomic mass is 16.4. The van der Waals surface area contributed by atoms with Gasteiger partial charge in [-0.1, -0.05) is 43.2 Å². The van der Waals surface area contributed by atoms with Crippen LogP contribution in [0.15, 0.2) is 30.3 Å². The molecule has 5 heteroatoms. The summed E-state index contributed by atoms with van der Waals surface area (Å²) in [5.41, 5.74) is 0.435. The van der Waals surface area contributed by atoms with Crippen molar-refractivity contribution in [3.05, 3.63) is 35.9 Å². The van der Waals surface area contributed by atoms with E-state index in [0.717, 1.165) is 12.8 Å². The maximum Gasteiger partial charge on any atom is 0.310 e. The highest BCUT2D eigenvalue weighted by Gasteiger charge is 2.41. The number of nitrogens with one attached hydrogen (secondary N) is 1. The maximum absolute atomic E-state index is 12.6. The number of carboxylic acids is 1. The van der Waals surface area contributed by atoms with Gasteiger partial charge >= 0.3 is 5.97 Å². The van der Waals surface area contributed by atoms with Crippen molar-refractivity contribution in [3.8, 4) is 0 Å². The van der Waals surface area contributed by atoms with E-state index in [2.05, 4.69) is 17.4 Å². The molecule has 1 aromatic carbocycles. The number of nitrogens with zero attached hydrogens (tertiary/aromatic N) is 1. The number of carboxylic acid groups (broad SMARTS) is 1. The lowest BCUT2D eigenvalue weighted by Crippen LogP contribution is -2.41. The van der Waals surface area contributed by atoms with Crippen LogP contribution in [0, 0.1) is 11.3 Å². The fourth-order valence-electron chi connectivity index (χ4n) is 4.21. The smallest absolute Gasteiger partial charge is 0.310 e. The highest BCUT2D eigenvalue weighted by molar-refractivity contribution is 5.79. The van der Waals surface area contributed by atoms with Gasteiger partial charge < -0.3 is 10.4 Å². The van der Waals surface area contributed by atoms with Gasteiger partial charge in [-0.3, -0.25) is 14.5 Å². The number of benzene rings is 1. The summed E-state index contributed by atoms with van der Waals surface area (Å²) in [6.45, 7) is 3.14. The minimum absolute atomic E-state index is 0.00427. The molecule has 5 nitrogen and oxygen atoms in total. The van der Waals surface area contributed by atoms with Crippen LogP contribution in [0.3, 0.4) is 0 Å². The summed E-state index contributed by atoms with van der Waals surface area (Å²) in [7, 11) is 0. The third kappa shape index (κ3) is 4.21. The van der Waals surface area contributed by atoms with Gasteiger partial charge in [0.15, 0.2) is 0 Å². The van der Waals surface area contributed by atoms with Crippen LogP contribution >= 0.6 is 0 Å². The molecule has 1 saturated carbocycles. The van der Waals surface area contributed by atoms with E-state index < -0.39 is 11.4 Å². The molecular weight excluding hydrogens is 316 g/mol. The average Bonchev–Trinajstić information content (AvgIpc) is 3.24. The molecular formula is C20H28N2O3. The first kappa shape index (κ1) is 17.9. The summed E-state index contributed by atoms with van der Waals surface area (Å²) in [4.78, 5) is 25.9. The molecule has 2 unspecified atom stereocenters. The number of amides is 1. The fourth-order valence-corrected chi connectivity index (χ4v) is 4.21. The van der Waals surface area contributed by atoms with E-state index in [1.165, 1.54) is 18.4 Å². The molecule has 2 fully saturated rings. The maximum atomic E-state index is 12.6.